The molecule has 1 amide bonds. The van der Waals surface area contributed by atoms with Crippen LogP contribution in [-0.4, -0.2) is 49.7 Å². The van der Waals surface area contributed by atoms with Gasteiger partial charge in [-0.15, -0.1) is 0 Å². The molecule has 1 fully saturated rings. The van der Waals surface area contributed by atoms with Gasteiger partial charge in [0.2, 0.25) is 5.91 Å². The second-order valence-corrected chi connectivity index (χ2v) is 5.21. The topological polar surface area (TPSA) is 41.6 Å². The molecule has 18 heavy (non-hydrogen) atoms. The van der Waals surface area contributed by atoms with Crippen LogP contribution in [0.3, 0.4) is 0 Å². The Kier molecular flexibility index (Phi) is 7.28. The third-order valence-electron chi connectivity index (χ3n) is 3.72. The average Bonchev–Trinajstić information content (AvgIpc) is 2.39. The van der Waals surface area contributed by atoms with Gasteiger partial charge in [-0.05, 0) is 39.3 Å². The van der Waals surface area contributed by atoms with Crippen LogP contribution in [0.4, 0.5) is 0 Å². The molecule has 1 rings (SSSR count). The molecule has 0 aromatic rings. The van der Waals surface area contributed by atoms with Crippen molar-refractivity contribution >= 4 is 5.91 Å². The van der Waals surface area contributed by atoms with Crippen molar-refractivity contribution in [1.82, 2.24) is 10.2 Å². The van der Waals surface area contributed by atoms with Gasteiger partial charge >= 0.3 is 0 Å². The molecule has 1 saturated heterocycles. The molecule has 1 heterocycles. The van der Waals surface area contributed by atoms with E-state index in [9.17, 15) is 4.79 Å². The molecule has 1 aliphatic rings. The molecular formula is C14H28N2O2. The first kappa shape index (κ1) is 15.4. The highest BCUT2D eigenvalue weighted by Gasteiger charge is 2.17. The lowest BCUT2D eigenvalue weighted by atomic mass is 10.1. The third-order valence-corrected chi connectivity index (χ3v) is 3.72. The molecule has 1 aliphatic heterocycles. The number of hydrogen-bond acceptors (Lipinski definition) is 3. The van der Waals surface area contributed by atoms with Crippen LogP contribution < -0.4 is 5.32 Å². The Balaban J connectivity index is 2.15. The van der Waals surface area contributed by atoms with E-state index in [1.807, 2.05) is 11.9 Å². The highest BCUT2D eigenvalue weighted by molar-refractivity contribution is 5.76. The Bertz CT molecular complexity index is 240. The zero-order valence-electron chi connectivity index (χ0n) is 12.1. The summed E-state index contributed by atoms with van der Waals surface area (Å²) in [6.45, 7) is 6.88. The maximum atomic E-state index is 11.9. The van der Waals surface area contributed by atoms with E-state index >= 15 is 0 Å². The fourth-order valence-electron chi connectivity index (χ4n) is 2.31. The number of rotatable bonds is 7. The number of nitrogens with zero attached hydrogens (tertiary/aromatic N) is 1. The Morgan fingerprint density at radius 1 is 1.44 bits per heavy atom. The molecule has 0 aromatic heterocycles. The first-order valence-corrected chi connectivity index (χ1v) is 7.23. The molecule has 0 aliphatic carbocycles. The summed E-state index contributed by atoms with van der Waals surface area (Å²) < 4.78 is 5.76. The largest absolute Gasteiger partial charge is 0.378 e. The van der Waals surface area contributed by atoms with Gasteiger partial charge in [0.1, 0.15) is 0 Å². The second kappa shape index (κ2) is 8.48. The summed E-state index contributed by atoms with van der Waals surface area (Å²) in [4.78, 5) is 13.8. The number of amides is 1. The molecule has 1 N–H and O–H groups in total. The van der Waals surface area contributed by atoms with Crippen molar-refractivity contribution in [3.63, 3.8) is 0 Å². The van der Waals surface area contributed by atoms with Crippen LogP contribution in [0.5, 0.6) is 0 Å². The first-order chi connectivity index (χ1) is 8.65. The lowest BCUT2D eigenvalue weighted by molar-refractivity contribution is -0.133. The quantitative estimate of drug-likeness (QED) is 0.755. The van der Waals surface area contributed by atoms with Crippen molar-refractivity contribution in [3.05, 3.63) is 0 Å². The van der Waals surface area contributed by atoms with Gasteiger partial charge in [-0.25, -0.2) is 0 Å². The SMILES string of the molecule is CCCC(C)N(C)C(=O)CCOC1CCNCC1. The molecule has 106 valence electrons. The highest BCUT2D eigenvalue weighted by atomic mass is 16.5. The van der Waals surface area contributed by atoms with Crippen LogP contribution in [0.25, 0.3) is 0 Å². The van der Waals surface area contributed by atoms with Gasteiger partial charge < -0.3 is 15.0 Å². The van der Waals surface area contributed by atoms with Gasteiger partial charge in [-0.2, -0.15) is 0 Å². The molecule has 1 unspecified atom stereocenters. The van der Waals surface area contributed by atoms with Crippen LogP contribution in [0.1, 0.15) is 46.0 Å². The summed E-state index contributed by atoms with van der Waals surface area (Å²) in [5.74, 6) is 0.199. The maximum Gasteiger partial charge on any atom is 0.224 e. The van der Waals surface area contributed by atoms with Crippen LogP contribution in [-0.2, 0) is 9.53 Å². The minimum atomic E-state index is 0.199. The van der Waals surface area contributed by atoms with Gasteiger partial charge in [0.25, 0.3) is 0 Å². The fraction of sp³-hybridized carbons (Fsp3) is 0.929. The van der Waals surface area contributed by atoms with Gasteiger partial charge in [-0.1, -0.05) is 13.3 Å². The van der Waals surface area contributed by atoms with E-state index in [-0.39, 0.29) is 5.91 Å². The molecule has 0 saturated carbocycles. The minimum absolute atomic E-state index is 0.199. The summed E-state index contributed by atoms with van der Waals surface area (Å²) in [5, 5.41) is 3.31. The van der Waals surface area contributed by atoms with Gasteiger partial charge in [0, 0.05) is 13.1 Å². The third kappa shape index (κ3) is 5.36. The highest BCUT2D eigenvalue weighted by Crippen LogP contribution is 2.09. The van der Waals surface area contributed by atoms with Crippen molar-refractivity contribution in [1.29, 1.82) is 0 Å². The summed E-state index contributed by atoms with van der Waals surface area (Å²) in [7, 11) is 1.90. The molecule has 0 aromatic carbocycles. The van der Waals surface area contributed by atoms with Crippen LogP contribution in [0.15, 0.2) is 0 Å². The number of hydrogen-bond donors (Lipinski definition) is 1. The molecule has 4 heteroatoms. The smallest absolute Gasteiger partial charge is 0.224 e. The van der Waals surface area contributed by atoms with E-state index in [2.05, 4.69) is 19.2 Å². The predicted molar refractivity (Wildman–Crippen MR) is 73.6 cm³/mol. The number of piperidine rings is 1. The van der Waals surface area contributed by atoms with E-state index < -0.39 is 0 Å². The van der Waals surface area contributed by atoms with Crippen molar-refractivity contribution in [3.8, 4) is 0 Å². The molecule has 0 radical (unpaired) electrons. The van der Waals surface area contributed by atoms with E-state index in [0.29, 0.717) is 25.2 Å². The molecule has 0 bridgehead atoms. The summed E-state index contributed by atoms with van der Waals surface area (Å²) in [5.41, 5.74) is 0. The van der Waals surface area contributed by atoms with Gasteiger partial charge in [-0.3, -0.25) is 4.79 Å². The Hall–Kier alpha value is -0.610. The van der Waals surface area contributed by atoms with Crippen molar-refractivity contribution in [2.75, 3.05) is 26.7 Å². The summed E-state index contributed by atoms with van der Waals surface area (Å²) in [6.07, 6.45) is 5.17. The maximum absolute atomic E-state index is 11.9. The van der Waals surface area contributed by atoms with Crippen molar-refractivity contribution in [2.45, 2.75) is 58.1 Å². The lowest BCUT2D eigenvalue weighted by Gasteiger charge is -2.26. The van der Waals surface area contributed by atoms with E-state index in [1.54, 1.807) is 0 Å². The number of carbonyl (C=O) groups is 1. The predicted octanol–water partition coefficient (Wildman–Crippen LogP) is 1.79. The molecule has 0 spiro atoms. The normalized spacial score (nSPS) is 18.6. The molecule has 1 atom stereocenters. The molecular weight excluding hydrogens is 228 g/mol. The van der Waals surface area contributed by atoms with E-state index in [4.69, 9.17) is 4.74 Å². The Labute approximate surface area is 111 Å². The summed E-state index contributed by atoms with van der Waals surface area (Å²) >= 11 is 0. The standard InChI is InChI=1S/C14H28N2O2/c1-4-5-12(2)16(3)14(17)8-11-18-13-6-9-15-10-7-13/h12-13,15H,4-11H2,1-3H3. The second-order valence-electron chi connectivity index (χ2n) is 5.21. The summed E-state index contributed by atoms with van der Waals surface area (Å²) in [6, 6.07) is 0.335. The number of nitrogens with one attached hydrogen (secondary N) is 1. The first-order valence-electron chi connectivity index (χ1n) is 7.23. The number of ether oxygens (including phenoxy) is 1. The average molecular weight is 256 g/mol. The monoisotopic (exact) mass is 256 g/mol. The van der Waals surface area contributed by atoms with Crippen LogP contribution >= 0.6 is 0 Å². The lowest BCUT2D eigenvalue weighted by Crippen LogP contribution is -2.36. The van der Waals surface area contributed by atoms with E-state index in [0.717, 1.165) is 38.8 Å². The Morgan fingerprint density at radius 2 is 2.11 bits per heavy atom. The Morgan fingerprint density at radius 3 is 2.72 bits per heavy atom. The minimum Gasteiger partial charge on any atom is -0.378 e. The van der Waals surface area contributed by atoms with E-state index in [1.165, 1.54) is 0 Å². The zero-order chi connectivity index (χ0) is 13.4. The van der Waals surface area contributed by atoms with Gasteiger partial charge in [0.15, 0.2) is 0 Å². The number of carbonyl (C=O) groups excluding carboxylic acids is 1. The zero-order valence-corrected chi connectivity index (χ0v) is 12.1. The van der Waals surface area contributed by atoms with Crippen LogP contribution in [0, 0.1) is 0 Å². The molecule has 4 nitrogen and oxygen atoms in total. The van der Waals surface area contributed by atoms with Crippen molar-refractivity contribution in [2.24, 2.45) is 0 Å². The van der Waals surface area contributed by atoms with Crippen LogP contribution in [0.2, 0.25) is 0 Å². The van der Waals surface area contributed by atoms with Crippen molar-refractivity contribution < 1.29 is 9.53 Å². The fourth-order valence-corrected chi connectivity index (χ4v) is 2.31. The van der Waals surface area contributed by atoms with Gasteiger partial charge in [0.05, 0.1) is 19.1 Å².